The minimum Gasteiger partial charge on any atom is -0.385 e. The molecule has 0 aliphatic carbocycles. The summed E-state index contributed by atoms with van der Waals surface area (Å²) in [4.78, 5) is 17.0. The zero-order valence-electron chi connectivity index (χ0n) is 14.9. The Hall–Kier alpha value is -0.650. The van der Waals surface area contributed by atoms with Crippen molar-refractivity contribution in [3.8, 4) is 0 Å². The maximum Gasteiger partial charge on any atom is 0.234 e. The molecule has 5 nitrogen and oxygen atoms in total. The summed E-state index contributed by atoms with van der Waals surface area (Å²) in [5, 5.41) is 3.00. The second kappa shape index (κ2) is 11.0. The van der Waals surface area contributed by atoms with Gasteiger partial charge in [0.15, 0.2) is 0 Å². The molecule has 0 saturated carbocycles. The zero-order valence-corrected chi connectivity index (χ0v) is 14.9. The van der Waals surface area contributed by atoms with Crippen LogP contribution >= 0.6 is 0 Å². The van der Waals surface area contributed by atoms with E-state index in [0.717, 1.165) is 32.0 Å². The highest BCUT2D eigenvalue weighted by molar-refractivity contribution is 5.77. The average molecular weight is 325 g/mol. The van der Waals surface area contributed by atoms with Crippen LogP contribution in [-0.2, 0) is 9.53 Å². The molecule has 1 unspecified atom stereocenters. The first-order valence-electron chi connectivity index (χ1n) is 9.48. The average Bonchev–Trinajstić information content (AvgIpc) is 2.81. The first kappa shape index (κ1) is 18.7. The van der Waals surface area contributed by atoms with Crippen molar-refractivity contribution in [2.75, 3.05) is 59.5 Å². The molecule has 0 bridgehead atoms. The minimum atomic E-state index is 0.163. The van der Waals surface area contributed by atoms with E-state index in [2.05, 4.69) is 15.1 Å². The van der Waals surface area contributed by atoms with E-state index in [0.29, 0.717) is 13.2 Å². The molecule has 2 heterocycles. The van der Waals surface area contributed by atoms with E-state index in [9.17, 15) is 4.79 Å². The van der Waals surface area contributed by atoms with Gasteiger partial charge in [-0.3, -0.25) is 9.69 Å². The number of amides is 1. The number of likely N-dealkylation sites (tertiary alicyclic amines) is 2. The highest BCUT2D eigenvalue weighted by Crippen LogP contribution is 2.19. The number of methoxy groups -OCH3 is 1. The molecule has 0 spiro atoms. The van der Waals surface area contributed by atoms with Gasteiger partial charge in [0.2, 0.25) is 5.91 Å². The van der Waals surface area contributed by atoms with Crippen molar-refractivity contribution in [3.05, 3.63) is 0 Å². The summed E-state index contributed by atoms with van der Waals surface area (Å²) in [7, 11) is 1.69. The maximum atomic E-state index is 12.0. The summed E-state index contributed by atoms with van der Waals surface area (Å²) in [6.07, 6.45) is 8.96. The molecule has 2 rings (SSSR count). The Kier molecular flexibility index (Phi) is 8.94. The van der Waals surface area contributed by atoms with Crippen LogP contribution in [0.4, 0.5) is 0 Å². The number of piperidine rings is 1. The van der Waals surface area contributed by atoms with Crippen LogP contribution in [-0.4, -0.2) is 75.2 Å². The number of nitrogens with zero attached hydrogens (tertiary/aromatic N) is 2. The molecule has 23 heavy (non-hydrogen) atoms. The fourth-order valence-corrected chi connectivity index (χ4v) is 3.83. The molecule has 0 radical (unpaired) electrons. The van der Waals surface area contributed by atoms with Crippen LogP contribution in [0.2, 0.25) is 0 Å². The van der Waals surface area contributed by atoms with Crippen LogP contribution in [0.3, 0.4) is 0 Å². The molecule has 0 aromatic heterocycles. The lowest BCUT2D eigenvalue weighted by Crippen LogP contribution is -2.45. The number of hydrogen-bond acceptors (Lipinski definition) is 4. The number of ether oxygens (including phenoxy) is 1. The highest BCUT2D eigenvalue weighted by Gasteiger charge is 2.23. The largest absolute Gasteiger partial charge is 0.385 e. The van der Waals surface area contributed by atoms with Crippen LogP contribution in [0.25, 0.3) is 0 Å². The minimum absolute atomic E-state index is 0.163. The molecule has 0 aromatic carbocycles. The summed E-state index contributed by atoms with van der Waals surface area (Å²) < 4.78 is 5.00. The Bertz CT molecular complexity index is 330. The van der Waals surface area contributed by atoms with E-state index >= 15 is 0 Å². The third kappa shape index (κ3) is 7.64. The molecule has 0 aromatic rings. The first-order chi connectivity index (χ1) is 11.3. The van der Waals surface area contributed by atoms with E-state index in [1.165, 1.54) is 58.2 Å². The van der Waals surface area contributed by atoms with Crippen molar-refractivity contribution in [3.63, 3.8) is 0 Å². The van der Waals surface area contributed by atoms with E-state index < -0.39 is 0 Å². The Morgan fingerprint density at radius 3 is 2.57 bits per heavy atom. The third-order valence-corrected chi connectivity index (χ3v) is 5.03. The molecule has 2 aliphatic rings. The Morgan fingerprint density at radius 1 is 1.09 bits per heavy atom. The molecular formula is C18H35N3O2. The van der Waals surface area contributed by atoms with Crippen LogP contribution in [0, 0.1) is 5.92 Å². The van der Waals surface area contributed by atoms with Crippen molar-refractivity contribution in [1.82, 2.24) is 15.1 Å². The van der Waals surface area contributed by atoms with Crippen LogP contribution in [0.5, 0.6) is 0 Å². The van der Waals surface area contributed by atoms with Gasteiger partial charge < -0.3 is 15.0 Å². The predicted octanol–water partition coefficient (Wildman–Crippen LogP) is 1.73. The smallest absolute Gasteiger partial charge is 0.234 e. The maximum absolute atomic E-state index is 12.0. The molecule has 1 amide bonds. The normalized spacial score (nSPS) is 24.3. The number of carbonyl (C=O) groups excluding carboxylic acids is 1. The molecule has 1 N–H and O–H groups in total. The fraction of sp³-hybridized carbons (Fsp3) is 0.944. The van der Waals surface area contributed by atoms with Gasteiger partial charge in [0.1, 0.15) is 0 Å². The van der Waals surface area contributed by atoms with Gasteiger partial charge in [0.05, 0.1) is 6.54 Å². The van der Waals surface area contributed by atoms with E-state index in [1.54, 1.807) is 7.11 Å². The van der Waals surface area contributed by atoms with Crippen LogP contribution in [0.15, 0.2) is 0 Å². The van der Waals surface area contributed by atoms with Crippen molar-refractivity contribution < 1.29 is 9.53 Å². The monoisotopic (exact) mass is 325 g/mol. The second-order valence-electron chi connectivity index (χ2n) is 7.15. The molecule has 134 valence electrons. The third-order valence-electron chi connectivity index (χ3n) is 5.03. The Labute approximate surface area is 141 Å². The van der Waals surface area contributed by atoms with Gasteiger partial charge in [0, 0.05) is 33.4 Å². The molecular weight excluding hydrogens is 290 g/mol. The van der Waals surface area contributed by atoms with Gasteiger partial charge in [-0.25, -0.2) is 0 Å². The quantitative estimate of drug-likeness (QED) is 0.690. The van der Waals surface area contributed by atoms with Crippen molar-refractivity contribution in [2.45, 2.75) is 44.9 Å². The summed E-state index contributed by atoms with van der Waals surface area (Å²) in [5.74, 6) is 0.902. The number of nitrogens with one attached hydrogen (secondary N) is 1. The summed E-state index contributed by atoms with van der Waals surface area (Å²) >= 11 is 0. The van der Waals surface area contributed by atoms with Gasteiger partial charge in [-0.2, -0.15) is 0 Å². The number of hydrogen-bond donors (Lipinski definition) is 1. The topological polar surface area (TPSA) is 44.8 Å². The Morgan fingerprint density at radius 2 is 1.83 bits per heavy atom. The SMILES string of the molecule is COCCCNC(=O)CN1CCCC(CN2CCCCCC2)C1. The molecule has 1 atom stereocenters. The summed E-state index contributed by atoms with van der Waals surface area (Å²) in [6, 6.07) is 0. The fourth-order valence-electron chi connectivity index (χ4n) is 3.83. The lowest BCUT2D eigenvalue weighted by Gasteiger charge is -2.35. The Balaban J connectivity index is 1.65. The second-order valence-corrected chi connectivity index (χ2v) is 7.15. The van der Waals surface area contributed by atoms with E-state index in [-0.39, 0.29) is 5.91 Å². The van der Waals surface area contributed by atoms with Gasteiger partial charge in [0.25, 0.3) is 0 Å². The predicted molar refractivity (Wildman–Crippen MR) is 93.6 cm³/mol. The van der Waals surface area contributed by atoms with E-state index in [4.69, 9.17) is 4.74 Å². The lowest BCUT2D eigenvalue weighted by atomic mass is 9.97. The number of rotatable bonds is 8. The van der Waals surface area contributed by atoms with E-state index in [1.807, 2.05) is 0 Å². The van der Waals surface area contributed by atoms with Crippen molar-refractivity contribution >= 4 is 5.91 Å². The van der Waals surface area contributed by atoms with Crippen molar-refractivity contribution in [2.24, 2.45) is 5.92 Å². The van der Waals surface area contributed by atoms with Gasteiger partial charge in [-0.1, -0.05) is 12.8 Å². The van der Waals surface area contributed by atoms with Gasteiger partial charge in [-0.05, 0) is 57.7 Å². The summed E-state index contributed by atoms with van der Waals surface area (Å²) in [5.41, 5.74) is 0. The van der Waals surface area contributed by atoms with Crippen molar-refractivity contribution in [1.29, 1.82) is 0 Å². The van der Waals surface area contributed by atoms with Crippen LogP contribution < -0.4 is 5.32 Å². The standard InChI is InChI=1S/C18H35N3O2/c1-23-13-7-9-19-18(22)16-21-12-6-8-17(15-21)14-20-10-4-2-3-5-11-20/h17H,2-16H2,1H3,(H,19,22). The molecule has 2 aliphatic heterocycles. The highest BCUT2D eigenvalue weighted by atomic mass is 16.5. The molecule has 2 saturated heterocycles. The number of carbonyl (C=O) groups is 1. The summed E-state index contributed by atoms with van der Waals surface area (Å²) in [6.45, 7) is 7.92. The van der Waals surface area contributed by atoms with Crippen LogP contribution in [0.1, 0.15) is 44.9 Å². The van der Waals surface area contributed by atoms with Gasteiger partial charge in [-0.15, -0.1) is 0 Å². The molecule has 2 fully saturated rings. The van der Waals surface area contributed by atoms with Gasteiger partial charge >= 0.3 is 0 Å². The lowest BCUT2D eigenvalue weighted by molar-refractivity contribution is -0.122. The molecule has 5 heteroatoms. The zero-order chi connectivity index (χ0) is 16.3. The first-order valence-corrected chi connectivity index (χ1v) is 9.48.